The number of nitrogens with zero attached hydrogens (tertiary/aromatic N) is 3. The van der Waals surface area contributed by atoms with Crippen molar-refractivity contribution in [2.24, 2.45) is 0 Å². The van der Waals surface area contributed by atoms with Crippen LogP contribution in [0.4, 0.5) is 5.69 Å². The van der Waals surface area contributed by atoms with Crippen molar-refractivity contribution in [3.8, 4) is 17.0 Å². The fourth-order valence-corrected chi connectivity index (χ4v) is 2.68. The second-order valence-corrected chi connectivity index (χ2v) is 6.54. The lowest BCUT2D eigenvalue weighted by Crippen LogP contribution is -2.27. The summed E-state index contributed by atoms with van der Waals surface area (Å²) in [5.74, 6) is 0.0481. The SMILES string of the molecule is CN(C)C(=O)COc1cccc(C(=O)Nc2ccc(-c3csnn3)cc2)c1. The lowest BCUT2D eigenvalue weighted by molar-refractivity contribution is -0.130. The van der Waals surface area contributed by atoms with E-state index in [4.69, 9.17) is 4.74 Å². The van der Waals surface area contributed by atoms with E-state index in [1.54, 1.807) is 38.4 Å². The summed E-state index contributed by atoms with van der Waals surface area (Å²) in [5, 5.41) is 8.71. The van der Waals surface area contributed by atoms with Crippen molar-refractivity contribution >= 4 is 29.0 Å². The Balaban J connectivity index is 1.64. The molecule has 1 N–H and O–H groups in total. The third-order valence-electron chi connectivity index (χ3n) is 3.76. The molecule has 0 aliphatic carbocycles. The van der Waals surface area contributed by atoms with E-state index in [2.05, 4.69) is 14.9 Å². The van der Waals surface area contributed by atoms with Gasteiger partial charge in [0.25, 0.3) is 11.8 Å². The summed E-state index contributed by atoms with van der Waals surface area (Å²) in [6.07, 6.45) is 0. The first-order valence-electron chi connectivity index (χ1n) is 8.15. The number of hydrogen-bond acceptors (Lipinski definition) is 6. The van der Waals surface area contributed by atoms with Crippen LogP contribution in [0.5, 0.6) is 5.75 Å². The Labute approximate surface area is 160 Å². The molecule has 2 aromatic carbocycles. The minimum absolute atomic E-state index is 0.0784. The van der Waals surface area contributed by atoms with Crippen LogP contribution in [0.25, 0.3) is 11.3 Å². The molecular formula is C19H18N4O3S. The summed E-state index contributed by atoms with van der Waals surface area (Å²) in [4.78, 5) is 25.5. The minimum atomic E-state index is -0.262. The predicted octanol–water partition coefficient (Wildman–Crippen LogP) is 2.92. The monoisotopic (exact) mass is 382 g/mol. The fraction of sp³-hybridized carbons (Fsp3) is 0.158. The Bertz CT molecular complexity index is 924. The van der Waals surface area contributed by atoms with Gasteiger partial charge in [-0.15, -0.1) is 5.10 Å². The molecule has 3 aromatic rings. The third-order valence-corrected chi connectivity index (χ3v) is 4.26. The summed E-state index contributed by atoms with van der Waals surface area (Å²) in [5.41, 5.74) is 2.84. The molecule has 1 heterocycles. The van der Waals surface area contributed by atoms with E-state index in [0.29, 0.717) is 17.0 Å². The van der Waals surface area contributed by atoms with E-state index in [0.717, 1.165) is 11.3 Å². The molecular weight excluding hydrogens is 364 g/mol. The van der Waals surface area contributed by atoms with Crippen LogP contribution in [0.1, 0.15) is 10.4 Å². The van der Waals surface area contributed by atoms with Crippen LogP contribution in [-0.4, -0.2) is 47.0 Å². The van der Waals surface area contributed by atoms with Gasteiger partial charge in [0.2, 0.25) is 0 Å². The molecule has 0 fully saturated rings. The van der Waals surface area contributed by atoms with Gasteiger partial charge in [0.05, 0.1) is 0 Å². The van der Waals surface area contributed by atoms with Gasteiger partial charge in [-0.05, 0) is 41.9 Å². The highest BCUT2D eigenvalue weighted by atomic mass is 32.1. The van der Waals surface area contributed by atoms with Gasteiger partial charge < -0.3 is 15.0 Å². The van der Waals surface area contributed by atoms with Crippen molar-refractivity contribution < 1.29 is 14.3 Å². The van der Waals surface area contributed by atoms with Gasteiger partial charge in [-0.1, -0.05) is 22.7 Å². The smallest absolute Gasteiger partial charge is 0.259 e. The van der Waals surface area contributed by atoms with Crippen LogP contribution < -0.4 is 10.1 Å². The molecule has 8 heteroatoms. The first kappa shape index (κ1) is 18.5. The molecule has 0 saturated heterocycles. The number of ether oxygens (including phenoxy) is 1. The van der Waals surface area contributed by atoms with E-state index in [-0.39, 0.29) is 18.4 Å². The van der Waals surface area contributed by atoms with Crippen molar-refractivity contribution in [2.75, 3.05) is 26.0 Å². The van der Waals surface area contributed by atoms with Gasteiger partial charge >= 0.3 is 0 Å². The number of nitrogens with one attached hydrogen (secondary N) is 1. The number of likely N-dealkylation sites (N-methyl/N-ethyl adjacent to an activating group) is 1. The maximum absolute atomic E-state index is 12.5. The van der Waals surface area contributed by atoms with Crippen molar-refractivity contribution in [2.45, 2.75) is 0 Å². The van der Waals surface area contributed by atoms with E-state index in [9.17, 15) is 9.59 Å². The number of anilines is 1. The topological polar surface area (TPSA) is 84.4 Å². The number of benzene rings is 2. The van der Waals surface area contributed by atoms with Crippen molar-refractivity contribution in [1.29, 1.82) is 0 Å². The van der Waals surface area contributed by atoms with Crippen LogP contribution in [0.2, 0.25) is 0 Å². The second-order valence-electron chi connectivity index (χ2n) is 5.93. The van der Waals surface area contributed by atoms with Gasteiger partial charge in [0.15, 0.2) is 6.61 Å². The highest BCUT2D eigenvalue weighted by molar-refractivity contribution is 7.03. The number of aromatic nitrogens is 2. The Kier molecular flexibility index (Phi) is 5.77. The van der Waals surface area contributed by atoms with Crippen LogP contribution >= 0.6 is 11.5 Å². The van der Waals surface area contributed by atoms with Gasteiger partial charge in [0, 0.05) is 36.3 Å². The zero-order valence-electron chi connectivity index (χ0n) is 14.9. The molecule has 3 rings (SSSR count). The molecule has 0 atom stereocenters. The first-order chi connectivity index (χ1) is 13.0. The van der Waals surface area contributed by atoms with E-state index in [1.165, 1.54) is 16.4 Å². The molecule has 0 aliphatic rings. The molecule has 27 heavy (non-hydrogen) atoms. The number of rotatable bonds is 6. The standard InChI is InChI=1S/C19H18N4O3S/c1-23(2)18(24)11-26-16-5-3-4-14(10-16)19(25)20-15-8-6-13(7-9-15)17-12-27-22-21-17/h3-10,12H,11H2,1-2H3,(H,20,25). The number of carbonyl (C=O) groups excluding carboxylic acids is 2. The van der Waals surface area contributed by atoms with Crippen LogP contribution in [0.15, 0.2) is 53.9 Å². The first-order valence-corrected chi connectivity index (χ1v) is 8.98. The van der Waals surface area contributed by atoms with E-state index < -0.39 is 0 Å². The van der Waals surface area contributed by atoms with Gasteiger partial charge in [-0.3, -0.25) is 9.59 Å². The largest absolute Gasteiger partial charge is 0.484 e. The molecule has 0 radical (unpaired) electrons. The number of amides is 2. The quantitative estimate of drug-likeness (QED) is 0.709. The van der Waals surface area contributed by atoms with Crippen molar-refractivity contribution in [3.05, 3.63) is 59.5 Å². The van der Waals surface area contributed by atoms with Crippen LogP contribution in [0.3, 0.4) is 0 Å². The average Bonchev–Trinajstić information content (AvgIpc) is 3.21. The van der Waals surface area contributed by atoms with Gasteiger partial charge in [-0.25, -0.2) is 0 Å². The predicted molar refractivity (Wildman–Crippen MR) is 104 cm³/mol. The molecule has 138 valence electrons. The van der Waals surface area contributed by atoms with E-state index in [1.807, 2.05) is 29.6 Å². The zero-order chi connectivity index (χ0) is 19.2. The summed E-state index contributed by atoms with van der Waals surface area (Å²) >= 11 is 1.29. The highest BCUT2D eigenvalue weighted by Gasteiger charge is 2.10. The lowest BCUT2D eigenvalue weighted by atomic mass is 10.1. The number of hydrogen-bond donors (Lipinski definition) is 1. The highest BCUT2D eigenvalue weighted by Crippen LogP contribution is 2.21. The summed E-state index contributed by atoms with van der Waals surface area (Å²) in [6.45, 7) is -0.0784. The summed E-state index contributed by atoms with van der Waals surface area (Å²) in [7, 11) is 3.32. The Morgan fingerprint density at radius 2 is 1.93 bits per heavy atom. The molecule has 0 aliphatic heterocycles. The third kappa shape index (κ3) is 4.89. The van der Waals surface area contributed by atoms with Gasteiger partial charge in [-0.2, -0.15) is 0 Å². The lowest BCUT2D eigenvalue weighted by Gasteiger charge is -2.12. The normalized spacial score (nSPS) is 10.3. The number of carbonyl (C=O) groups is 2. The molecule has 0 spiro atoms. The molecule has 2 amide bonds. The zero-order valence-corrected chi connectivity index (χ0v) is 15.7. The van der Waals surface area contributed by atoms with Crippen LogP contribution in [0, 0.1) is 0 Å². The Morgan fingerprint density at radius 3 is 2.59 bits per heavy atom. The molecule has 0 saturated carbocycles. The maximum atomic E-state index is 12.5. The molecule has 1 aromatic heterocycles. The summed E-state index contributed by atoms with van der Waals surface area (Å²) in [6, 6.07) is 14.1. The van der Waals surface area contributed by atoms with Crippen molar-refractivity contribution in [1.82, 2.24) is 14.5 Å². The Morgan fingerprint density at radius 1 is 1.15 bits per heavy atom. The molecule has 7 nitrogen and oxygen atoms in total. The van der Waals surface area contributed by atoms with Gasteiger partial charge in [0.1, 0.15) is 11.4 Å². The summed E-state index contributed by atoms with van der Waals surface area (Å²) < 4.78 is 9.28. The fourth-order valence-electron chi connectivity index (χ4n) is 2.22. The maximum Gasteiger partial charge on any atom is 0.259 e. The van der Waals surface area contributed by atoms with Crippen molar-refractivity contribution in [3.63, 3.8) is 0 Å². The Hall–Kier alpha value is -3.26. The second kappa shape index (κ2) is 8.41. The minimum Gasteiger partial charge on any atom is -0.484 e. The average molecular weight is 382 g/mol. The molecule has 0 bridgehead atoms. The van der Waals surface area contributed by atoms with Crippen LogP contribution in [-0.2, 0) is 4.79 Å². The van der Waals surface area contributed by atoms with E-state index >= 15 is 0 Å². The molecule has 0 unspecified atom stereocenters.